The maximum absolute atomic E-state index is 12.7. The highest BCUT2D eigenvalue weighted by Crippen LogP contribution is 2.11. The van der Waals surface area contributed by atoms with Crippen LogP contribution in [0.5, 0.6) is 0 Å². The fourth-order valence-electron chi connectivity index (χ4n) is 2.63. The Labute approximate surface area is 178 Å². The summed E-state index contributed by atoms with van der Waals surface area (Å²) in [5.74, 6) is -2.79. The van der Waals surface area contributed by atoms with Crippen molar-refractivity contribution in [3.63, 3.8) is 0 Å². The fraction of sp³-hybridized carbons (Fsp3) is 0.750. The number of Topliss-reactive ketones (excluding diaryl/α,β-unsaturated/α-hetero) is 1. The Morgan fingerprint density at radius 3 is 1.67 bits per heavy atom. The van der Waals surface area contributed by atoms with Crippen LogP contribution in [0.1, 0.15) is 54.4 Å². The Kier molecular flexibility index (Phi) is 11.9. The molecule has 0 heterocycles. The fourth-order valence-corrected chi connectivity index (χ4v) is 2.63. The summed E-state index contributed by atoms with van der Waals surface area (Å²) in [7, 11) is 1.61. The molecule has 0 radical (unpaired) electrons. The van der Waals surface area contributed by atoms with Crippen molar-refractivity contribution in [1.29, 1.82) is 0 Å². The van der Waals surface area contributed by atoms with Crippen LogP contribution in [-0.4, -0.2) is 60.6 Å². The number of rotatable bonds is 13. The molecule has 4 unspecified atom stereocenters. The largest absolute Gasteiger partial charge is 0.370 e. The van der Waals surface area contributed by atoms with Crippen LogP contribution in [-0.2, 0) is 24.0 Å². The minimum Gasteiger partial charge on any atom is -0.370 e. The van der Waals surface area contributed by atoms with Gasteiger partial charge in [-0.25, -0.2) is 0 Å². The Morgan fingerprint density at radius 1 is 0.733 bits per heavy atom. The number of nitrogens with one attached hydrogen (secondary N) is 4. The minimum atomic E-state index is -1.26. The lowest BCUT2D eigenvalue weighted by molar-refractivity contribution is -0.135. The van der Waals surface area contributed by atoms with Crippen LogP contribution >= 0.6 is 0 Å². The monoisotopic (exact) mass is 427 g/mol. The normalized spacial score (nSPS) is 15.1. The summed E-state index contributed by atoms with van der Waals surface area (Å²) in [6.07, 6.45) is -0.0101. The van der Waals surface area contributed by atoms with E-state index in [1.54, 1.807) is 27.8 Å². The quantitative estimate of drug-likeness (QED) is 0.259. The second kappa shape index (κ2) is 12.9. The summed E-state index contributed by atoms with van der Waals surface area (Å²) in [5, 5.41) is 10.3. The molecule has 172 valence electrons. The average molecular weight is 428 g/mol. The molecule has 10 nitrogen and oxygen atoms in total. The standard InChI is InChI=1S/C20H37N5O5/c1-10(2)8-14(17(27)11(3)4)24-20(30)15(9-16(21)26)25-19(29)13(6)23-18(28)12(5)22-7/h10-15,22H,8-9H2,1-7H3,(H2,21,26)(H,23,28)(H,24,30)(H,25,29). The molecule has 0 saturated carbocycles. The van der Waals surface area contributed by atoms with Crippen molar-refractivity contribution < 1.29 is 24.0 Å². The van der Waals surface area contributed by atoms with Gasteiger partial charge in [0.1, 0.15) is 12.1 Å². The van der Waals surface area contributed by atoms with Gasteiger partial charge in [0.25, 0.3) is 0 Å². The van der Waals surface area contributed by atoms with E-state index in [0.29, 0.717) is 6.42 Å². The smallest absolute Gasteiger partial charge is 0.243 e. The number of likely N-dealkylation sites (N-methyl/N-ethyl adjacent to an activating group) is 1. The SMILES string of the molecule is CNC(C)C(=O)NC(C)C(=O)NC(CC(N)=O)C(=O)NC(CC(C)C)C(=O)C(C)C. The van der Waals surface area contributed by atoms with Crippen LogP contribution in [0.15, 0.2) is 0 Å². The molecule has 0 aliphatic heterocycles. The first kappa shape index (κ1) is 27.5. The molecule has 10 heteroatoms. The van der Waals surface area contributed by atoms with Crippen molar-refractivity contribution in [2.45, 2.75) is 78.6 Å². The zero-order chi connectivity index (χ0) is 23.6. The van der Waals surface area contributed by atoms with Crippen LogP contribution in [0, 0.1) is 11.8 Å². The Bertz CT molecular complexity index is 635. The number of primary amides is 1. The first-order valence-electron chi connectivity index (χ1n) is 10.2. The number of carbonyl (C=O) groups excluding carboxylic acids is 5. The molecule has 4 atom stereocenters. The number of hydrogen-bond acceptors (Lipinski definition) is 6. The molecule has 4 amide bonds. The van der Waals surface area contributed by atoms with Crippen LogP contribution in [0.3, 0.4) is 0 Å². The van der Waals surface area contributed by atoms with Gasteiger partial charge in [0, 0.05) is 5.92 Å². The molecule has 0 spiro atoms. The van der Waals surface area contributed by atoms with Crippen molar-refractivity contribution in [3.8, 4) is 0 Å². The van der Waals surface area contributed by atoms with E-state index in [2.05, 4.69) is 21.3 Å². The number of hydrogen-bond donors (Lipinski definition) is 5. The Morgan fingerprint density at radius 2 is 1.23 bits per heavy atom. The molecule has 0 aliphatic carbocycles. The van der Waals surface area contributed by atoms with E-state index in [1.165, 1.54) is 6.92 Å². The third-order valence-electron chi connectivity index (χ3n) is 4.55. The summed E-state index contributed by atoms with van der Waals surface area (Å²) in [6.45, 7) is 10.4. The molecule has 30 heavy (non-hydrogen) atoms. The van der Waals surface area contributed by atoms with Gasteiger partial charge in [0.2, 0.25) is 23.6 Å². The molecular weight excluding hydrogens is 390 g/mol. The van der Waals surface area contributed by atoms with Crippen LogP contribution in [0.2, 0.25) is 0 Å². The lowest BCUT2D eigenvalue weighted by Crippen LogP contribution is -2.57. The Balaban J connectivity index is 5.30. The first-order chi connectivity index (χ1) is 13.8. The predicted octanol–water partition coefficient (Wildman–Crippen LogP) is -0.785. The highest BCUT2D eigenvalue weighted by atomic mass is 16.2. The third kappa shape index (κ3) is 9.82. The molecule has 0 fully saturated rings. The van der Waals surface area contributed by atoms with E-state index in [1.807, 2.05) is 13.8 Å². The van der Waals surface area contributed by atoms with Gasteiger partial charge in [-0.15, -0.1) is 0 Å². The number of amides is 4. The maximum Gasteiger partial charge on any atom is 0.243 e. The van der Waals surface area contributed by atoms with E-state index in [0.717, 1.165) is 0 Å². The lowest BCUT2D eigenvalue weighted by Gasteiger charge is -2.25. The minimum absolute atomic E-state index is 0.136. The summed E-state index contributed by atoms with van der Waals surface area (Å²) in [5.41, 5.74) is 5.23. The number of nitrogens with two attached hydrogens (primary N) is 1. The topological polar surface area (TPSA) is 159 Å². The molecule has 0 aromatic carbocycles. The van der Waals surface area contributed by atoms with E-state index in [4.69, 9.17) is 5.73 Å². The molecule has 0 rings (SSSR count). The van der Waals surface area contributed by atoms with Crippen molar-refractivity contribution in [2.75, 3.05) is 7.05 Å². The van der Waals surface area contributed by atoms with E-state index in [-0.39, 0.29) is 17.6 Å². The maximum atomic E-state index is 12.7. The summed E-state index contributed by atoms with van der Waals surface area (Å²) >= 11 is 0. The number of carbonyl (C=O) groups is 5. The van der Waals surface area contributed by atoms with Crippen molar-refractivity contribution in [2.24, 2.45) is 17.6 Å². The van der Waals surface area contributed by atoms with Crippen LogP contribution in [0.25, 0.3) is 0 Å². The Hall–Kier alpha value is -2.49. The summed E-state index contributed by atoms with van der Waals surface area (Å²) in [4.78, 5) is 61.0. The third-order valence-corrected chi connectivity index (χ3v) is 4.55. The second-order valence-corrected chi connectivity index (χ2v) is 8.22. The highest BCUT2D eigenvalue weighted by molar-refractivity contribution is 5.97. The zero-order valence-electron chi connectivity index (χ0n) is 19.0. The summed E-state index contributed by atoms with van der Waals surface area (Å²) < 4.78 is 0. The van der Waals surface area contributed by atoms with Gasteiger partial charge in [0.15, 0.2) is 5.78 Å². The van der Waals surface area contributed by atoms with Gasteiger partial charge in [-0.2, -0.15) is 0 Å². The van der Waals surface area contributed by atoms with Gasteiger partial charge >= 0.3 is 0 Å². The van der Waals surface area contributed by atoms with Crippen molar-refractivity contribution in [1.82, 2.24) is 21.3 Å². The van der Waals surface area contributed by atoms with E-state index < -0.39 is 54.2 Å². The van der Waals surface area contributed by atoms with Gasteiger partial charge in [-0.05, 0) is 33.2 Å². The molecule has 6 N–H and O–H groups in total. The first-order valence-corrected chi connectivity index (χ1v) is 10.2. The van der Waals surface area contributed by atoms with Gasteiger partial charge in [-0.3, -0.25) is 24.0 Å². The molecule has 0 saturated heterocycles. The van der Waals surface area contributed by atoms with Crippen molar-refractivity contribution in [3.05, 3.63) is 0 Å². The van der Waals surface area contributed by atoms with E-state index in [9.17, 15) is 24.0 Å². The van der Waals surface area contributed by atoms with Gasteiger partial charge in [-0.1, -0.05) is 27.7 Å². The van der Waals surface area contributed by atoms with Crippen LogP contribution in [0.4, 0.5) is 0 Å². The average Bonchev–Trinajstić information content (AvgIpc) is 2.64. The van der Waals surface area contributed by atoms with Crippen LogP contribution < -0.4 is 27.0 Å². The molecule has 0 aromatic heterocycles. The predicted molar refractivity (Wildman–Crippen MR) is 113 cm³/mol. The zero-order valence-corrected chi connectivity index (χ0v) is 19.0. The number of ketones is 1. The van der Waals surface area contributed by atoms with Gasteiger partial charge in [0.05, 0.1) is 18.5 Å². The summed E-state index contributed by atoms with van der Waals surface area (Å²) in [6, 6.07) is -3.45. The molecule has 0 aliphatic rings. The second-order valence-electron chi connectivity index (χ2n) is 8.22. The van der Waals surface area contributed by atoms with E-state index >= 15 is 0 Å². The molecule has 0 aromatic rings. The highest BCUT2D eigenvalue weighted by Gasteiger charge is 2.30. The molecule has 0 bridgehead atoms. The van der Waals surface area contributed by atoms with Gasteiger partial charge < -0.3 is 27.0 Å². The molecular formula is C20H37N5O5. The lowest BCUT2D eigenvalue weighted by atomic mass is 9.94. The van der Waals surface area contributed by atoms with Crippen molar-refractivity contribution >= 4 is 29.4 Å².